The highest BCUT2D eigenvalue weighted by atomic mass is 35.5. The molecule has 0 spiro atoms. The lowest BCUT2D eigenvalue weighted by molar-refractivity contribution is 0.0730. The average molecular weight is 468 g/mol. The minimum Gasteiger partial charge on any atom is -0.379 e. The van der Waals surface area contributed by atoms with Gasteiger partial charge in [0.05, 0.1) is 28.8 Å². The lowest BCUT2D eigenvalue weighted by Crippen LogP contribution is -2.40. The number of ether oxygens (including phenoxy) is 1. The van der Waals surface area contributed by atoms with Gasteiger partial charge in [-0.25, -0.2) is 8.42 Å². The Labute approximate surface area is 188 Å². The molecule has 0 amide bonds. The van der Waals surface area contributed by atoms with E-state index in [2.05, 4.69) is 36.6 Å². The fourth-order valence-corrected chi connectivity index (χ4v) is 4.94. The van der Waals surface area contributed by atoms with Crippen LogP contribution in [0.3, 0.4) is 0 Å². The van der Waals surface area contributed by atoms with E-state index in [9.17, 15) is 8.42 Å². The Morgan fingerprint density at radius 1 is 1.17 bits per heavy atom. The van der Waals surface area contributed by atoms with E-state index in [4.69, 9.17) is 28.6 Å². The van der Waals surface area contributed by atoms with Gasteiger partial charge in [-0.15, -0.1) is 0 Å². The van der Waals surface area contributed by atoms with Crippen LogP contribution in [0.25, 0.3) is 0 Å². The average Bonchev–Trinajstić information content (AvgIpc) is 2.75. The number of morpholine rings is 1. The highest BCUT2D eigenvalue weighted by Crippen LogP contribution is 2.28. The predicted molar refractivity (Wildman–Crippen MR) is 126 cm³/mol. The number of halogens is 1. The fraction of sp³-hybridized carbons (Fsp3) is 0.381. The van der Waals surface area contributed by atoms with Gasteiger partial charge >= 0.3 is 0 Å². The first-order chi connectivity index (χ1) is 14.3. The van der Waals surface area contributed by atoms with E-state index in [1.54, 1.807) is 6.07 Å². The van der Waals surface area contributed by atoms with Gasteiger partial charge in [-0.05, 0) is 60.5 Å². The maximum absolute atomic E-state index is 12.9. The second-order valence-corrected chi connectivity index (χ2v) is 9.92. The van der Waals surface area contributed by atoms with Crippen LogP contribution in [-0.4, -0.2) is 44.1 Å². The first-order valence-electron chi connectivity index (χ1n) is 9.86. The van der Waals surface area contributed by atoms with Gasteiger partial charge in [0, 0.05) is 18.8 Å². The van der Waals surface area contributed by atoms with Crippen LogP contribution in [0, 0.1) is 0 Å². The van der Waals surface area contributed by atoms with Crippen LogP contribution in [-0.2, 0) is 14.8 Å². The molecule has 1 atom stereocenters. The summed E-state index contributed by atoms with van der Waals surface area (Å²) in [6.07, 6.45) is 1.08. The van der Waals surface area contributed by atoms with Gasteiger partial charge in [-0.1, -0.05) is 37.6 Å². The maximum atomic E-state index is 12.9. The molecule has 1 aliphatic rings. The summed E-state index contributed by atoms with van der Waals surface area (Å²) in [5.41, 5.74) is 2.54. The predicted octanol–water partition coefficient (Wildman–Crippen LogP) is 4.68. The summed E-state index contributed by atoms with van der Waals surface area (Å²) in [5.74, 6) is 0.499. The third-order valence-electron chi connectivity index (χ3n) is 5.14. The molecular formula is C21H26ClN3O3S2. The molecule has 1 heterocycles. The quantitative estimate of drug-likeness (QED) is 0.601. The largest absolute Gasteiger partial charge is 0.379 e. The number of nitrogens with one attached hydrogen (secondary N) is 2. The SMILES string of the molecule is CCC(C)c1ccc(NC(=S)Nc2cc(S(=O)(=O)N3CCOCC3)ccc2Cl)cc1. The number of anilines is 2. The van der Waals surface area contributed by atoms with Gasteiger partial charge in [0.1, 0.15) is 0 Å². The number of sulfonamides is 1. The van der Waals surface area contributed by atoms with E-state index in [-0.39, 0.29) is 4.90 Å². The Bertz CT molecular complexity index is 991. The molecule has 6 nitrogen and oxygen atoms in total. The van der Waals surface area contributed by atoms with Crippen molar-refractivity contribution in [2.75, 3.05) is 36.9 Å². The summed E-state index contributed by atoms with van der Waals surface area (Å²) in [4.78, 5) is 0.164. The molecular weight excluding hydrogens is 442 g/mol. The number of hydrogen-bond acceptors (Lipinski definition) is 4. The molecule has 1 unspecified atom stereocenters. The van der Waals surface area contributed by atoms with Gasteiger partial charge in [0.25, 0.3) is 0 Å². The minimum absolute atomic E-state index is 0.164. The van der Waals surface area contributed by atoms with E-state index < -0.39 is 10.0 Å². The van der Waals surface area contributed by atoms with E-state index in [1.807, 2.05) is 12.1 Å². The normalized spacial score (nSPS) is 16.1. The van der Waals surface area contributed by atoms with Crippen molar-refractivity contribution >= 4 is 50.3 Å². The topological polar surface area (TPSA) is 70.7 Å². The molecule has 0 radical (unpaired) electrons. The maximum Gasteiger partial charge on any atom is 0.243 e. The number of benzene rings is 2. The molecule has 162 valence electrons. The molecule has 1 fully saturated rings. The van der Waals surface area contributed by atoms with Crippen LogP contribution >= 0.6 is 23.8 Å². The summed E-state index contributed by atoms with van der Waals surface area (Å²) in [6.45, 7) is 5.80. The summed E-state index contributed by atoms with van der Waals surface area (Å²) < 4.78 is 32.4. The zero-order chi connectivity index (χ0) is 21.7. The van der Waals surface area contributed by atoms with E-state index >= 15 is 0 Å². The third kappa shape index (κ3) is 5.50. The zero-order valence-corrected chi connectivity index (χ0v) is 19.4. The Kier molecular flexibility index (Phi) is 7.70. The van der Waals surface area contributed by atoms with Crippen LogP contribution in [0.1, 0.15) is 31.7 Å². The van der Waals surface area contributed by atoms with Crippen molar-refractivity contribution in [1.82, 2.24) is 4.31 Å². The molecule has 9 heteroatoms. The molecule has 30 heavy (non-hydrogen) atoms. The first kappa shape index (κ1) is 23.0. The van der Waals surface area contributed by atoms with Crippen molar-refractivity contribution in [3.05, 3.63) is 53.1 Å². The fourth-order valence-electron chi connectivity index (χ4n) is 3.11. The molecule has 2 N–H and O–H groups in total. The van der Waals surface area contributed by atoms with Crippen molar-refractivity contribution in [3.63, 3.8) is 0 Å². The smallest absolute Gasteiger partial charge is 0.243 e. The highest BCUT2D eigenvalue weighted by molar-refractivity contribution is 7.89. The summed E-state index contributed by atoms with van der Waals surface area (Å²) >= 11 is 11.7. The molecule has 2 aromatic carbocycles. The Balaban J connectivity index is 1.71. The van der Waals surface area contributed by atoms with Crippen LogP contribution in [0.2, 0.25) is 5.02 Å². The third-order valence-corrected chi connectivity index (χ3v) is 7.57. The molecule has 2 aromatic rings. The van der Waals surface area contributed by atoms with Crippen molar-refractivity contribution in [2.45, 2.75) is 31.1 Å². The summed E-state index contributed by atoms with van der Waals surface area (Å²) in [6, 6.07) is 12.6. The van der Waals surface area contributed by atoms with Gasteiger partial charge < -0.3 is 15.4 Å². The lowest BCUT2D eigenvalue weighted by Gasteiger charge is -2.26. The Morgan fingerprint density at radius 3 is 2.47 bits per heavy atom. The van der Waals surface area contributed by atoms with Crippen molar-refractivity contribution < 1.29 is 13.2 Å². The van der Waals surface area contributed by atoms with Crippen molar-refractivity contribution in [2.24, 2.45) is 0 Å². The summed E-state index contributed by atoms with van der Waals surface area (Å²) in [5, 5.41) is 6.82. The van der Waals surface area contributed by atoms with Crippen LogP contribution in [0.15, 0.2) is 47.4 Å². The molecule has 0 bridgehead atoms. The van der Waals surface area contributed by atoms with Crippen molar-refractivity contribution in [1.29, 1.82) is 0 Å². The van der Waals surface area contributed by atoms with E-state index in [1.165, 1.54) is 22.0 Å². The van der Waals surface area contributed by atoms with E-state index in [0.717, 1.165) is 12.1 Å². The molecule has 1 aliphatic heterocycles. The summed E-state index contributed by atoms with van der Waals surface area (Å²) in [7, 11) is -3.62. The van der Waals surface area contributed by atoms with Crippen LogP contribution in [0.4, 0.5) is 11.4 Å². The second-order valence-electron chi connectivity index (χ2n) is 7.17. The van der Waals surface area contributed by atoms with Gasteiger partial charge in [0.15, 0.2) is 5.11 Å². The zero-order valence-electron chi connectivity index (χ0n) is 17.0. The molecule has 0 aromatic heterocycles. The Hall–Kier alpha value is -1.71. The molecule has 3 rings (SSSR count). The number of nitrogens with zero attached hydrogens (tertiary/aromatic N) is 1. The molecule has 0 saturated carbocycles. The van der Waals surface area contributed by atoms with Crippen LogP contribution in [0.5, 0.6) is 0 Å². The molecule has 0 aliphatic carbocycles. The molecule has 1 saturated heterocycles. The second kappa shape index (κ2) is 10.1. The lowest BCUT2D eigenvalue weighted by atomic mass is 9.99. The van der Waals surface area contributed by atoms with Gasteiger partial charge in [-0.3, -0.25) is 0 Å². The van der Waals surface area contributed by atoms with Gasteiger partial charge in [-0.2, -0.15) is 4.31 Å². The number of rotatable bonds is 6. The highest BCUT2D eigenvalue weighted by Gasteiger charge is 2.27. The monoisotopic (exact) mass is 467 g/mol. The van der Waals surface area contributed by atoms with Crippen molar-refractivity contribution in [3.8, 4) is 0 Å². The first-order valence-corrected chi connectivity index (χ1v) is 12.1. The van der Waals surface area contributed by atoms with E-state index in [0.29, 0.717) is 48.0 Å². The minimum atomic E-state index is -3.62. The standard InChI is InChI=1S/C21H26ClN3O3S2/c1-3-15(2)16-4-6-17(7-5-16)23-21(29)24-20-14-18(8-9-19(20)22)30(26,27)25-10-12-28-13-11-25/h4-9,14-15H,3,10-13H2,1-2H3,(H2,23,24,29). The van der Waals surface area contributed by atoms with Gasteiger partial charge in [0.2, 0.25) is 10.0 Å². The Morgan fingerprint density at radius 2 is 1.83 bits per heavy atom. The van der Waals surface area contributed by atoms with Crippen LogP contribution < -0.4 is 10.6 Å². The number of hydrogen-bond donors (Lipinski definition) is 2. The number of thiocarbonyl (C=S) groups is 1.